The molecule has 0 rings (SSSR count). The number of carboxylic acid groups (broad SMARTS) is 1. The molecular weight excluding hydrogens is 763 g/mol. The molecule has 61 heavy (non-hydrogen) atoms. The molecule has 0 aromatic heterocycles. The number of quaternary nitrogens is 1. The number of hydrogen-bond acceptors (Lipinski definition) is 7. The van der Waals surface area contributed by atoms with Crippen LogP contribution in [0.5, 0.6) is 0 Å². The lowest BCUT2D eigenvalue weighted by molar-refractivity contribution is -0.889. The van der Waals surface area contributed by atoms with E-state index in [1.807, 2.05) is 0 Å². The summed E-state index contributed by atoms with van der Waals surface area (Å²) < 4.78 is 17.2. The Morgan fingerprint density at radius 2 is 0.918 bits per heavy atom. The summed E-state index contributed by atoms with van der Waals surface area (Å²) in [6.07, 6.45) is 51.8. The van der Waals surface area contributed by atoms with Gasteiger partial charge in [-0.05, 0) is 32.1 Å². The summed E-state index contributed by atoms with van der Waals surface area (Å²) >= 11 is 0. The topological polar surface area (TPSA) is 102 Å². The molecule has 0 aromatic rings. The van der Waals surface area contributed by atoms with Crippen LogP contribution in [0.25, 0.3) is 0 Å². The molecule has 0 spiro atoms. The van der Waals surface area contributed by atoms with Crippen molar-refractivity contribution in [3.63, 3.8) is 0 Å². The number of carbonyl (C=O) groups excluding carboxylic acids is 3. The van der Waals surface area contributed by atoms with Crippen molar-refractivity contribution in [3.8, 4) is 0 Å². The van der Waals surface area contributed by atoms with Gasteiger partial charge in [-0.3, -0.25) is 9.59 Å². The highest BCUT2D eigenvalue weighted by Gasteiger charge is 2.25. The first-order valence-corrected chi connectivity index (χ1v) is 25.5. The minimum atomic E-state index is -1.12. The lowest BCUT2D eigenvalue weighted by Crippen LogP contribution is -2.55. The van der Waals surface area contributed by atoms with E-state index in [0.29, 0.717) is 12.8 Å². The summed E-state index contributed by atoms with van der Waals surface area (Å²) in [5.41, 5.74) is 0. The molecule has 0 radical (unpaired) electrons. The van der Waals surface area contributed by atoms with E-state index in [2.05, 4.69) is 50.3 Å². The van der Waals surface area contributed by atoms with E-state index in [-0.39, 0.29) is 42.7 Å². The fourth-order valence-electron chi connectivity index (χ4n) is 7.66. The average molecular weight is 860 g/mol. The first kappa shape index (κ1) is 58.6. The van der Waals surface area contributed by atoms with Crippen molar-refractivity contribution in [2.45, 2.75) is 244 Å². The lowest BCUT2D eigenvalue weighted by atomic mass is 10.0. The molecule has 0 aromatic carbocycles. The van der Waals surface area contributed by atoms with Gasteiger partial charge in [0.05, 0.1) is 40.3 Å². The van der Waals surface area contributed by atoms with Crippen LogP contribution < -0.4 is 5.11 Å². The Hall–Kier alpha value is -2.45. The zero-order chi connectivity index (χ0) is 44.9. The Kier molecular flexibility index (Phi) is 42.4. The second kappa shape index (κ2) is 44.2. The molecule has 2 unspecified atom stereocenters. The van der Waals surface area contributed by atoms with Gasteiger partial charge in [0.25, 0.3) is 0 Å². The van der Waals surface area contributed by atoms with Crippen molar-refractivity contribution in [1.29, 1.82) is 0 Å². The van der Waals surface area contributed by atoms with Crippen LogP contribution in [-0.2, 0) is 28.6 Å². The summed E-state index contributed by atoms with van der Waals surface area (Å²) in [6.45, 7) is 4.55. The molecule has 8 nitrogen and oxygen atoms in total. The van der Waals surface area contributed by atoms with Gasteiger partial charge in [0.15, 0.2) is 6.10 Å². The van der Waals surface area contributed by atoms with Crippen molar-refractivity contribution in [2.24, 2.45) is 0 Å². The molecule has 2 atom stereocenters. The number of ether oxygens (including phenoxy) is 3. The van der Waals surface area contributed by atoms with Gasteiger partial charge in [0.1, 0.15) is 12.6 Å². The normalized spacial score (nSPS) is 13.1. The molecule has 8 heteroatoms. The van der Waals surface area contributed by atoms with Gasteiger partial charge in [-0.1, -0.05) is 217 Å². The highest BCUT2D eigenvalue weighted by atomic mass is 16.6. The van der Waals surface area contributed by atoms with E-state index in [0.717, 1.165) is 51.4 Å². The number of allylic oxidation sites excluding steroid dienone is 6. The van der Waals surface area contributed by atoms with Gasteiger partial charge in [-0.2, -0.15) is 0 Å². The molecule has 0 amide bonds. The number of esters is 2. The molecule has 0 aliphatic rings. The van der Waals surface area contributed by atoms with Crippen LogP contribution in [0.3, 0.4) is 0 Å². The van der Waals surface area contributed by atoms with E-state index in [1.54, 1.807) is 21.1 Å². The van der Waals surface area contributed by atoms with Gasteiger partial charge < -0.3 is 28.6 Å². The van der Waals surface area contributed by atoms with E-state index >= 15 is 0 Å². The Labute approximate surface area is 376 Å². The van der Waals surface area contributed by atoms with Crippen molar-refractivity contribution in [1.82, 2.24) is 0 Å². The quantitative estimate of drug-likeness (QED) is 0.0260. The Morgan fingerprint density at radius 3 is 1.34 bits per heavy atom. The molecule has 0 saturated carbocycles. The third-order valence-electron chi connectivity index (χ3n) is 11.6. The number of rotatable bonds is 46. The van der Waals surface area contributed by atoms with Crippen LogP contribution in [0, 0.1) is 0 Å². The fourth-order valence-corrected chi connectivity index (χ4v) is 7.66. The number of carbonyl (C=O) groups is 3. The maximum atomic E-state index is 12.8. The minimum absolute atomic E-state index is 0.0398. The zero-order valence-corrected chi connectivity index (χ0v) is 40.6. The highest BCUT2D eigenvalue weighted by Crippen LogP contribution is 2.17. The van der Waals surface area contributed by atoms with Crippen molar-refractivity contribution >= 4 is 17.9 Å². The first-order chi connectivity index (χ1) is 29.6. The number of carboxylic acids is 1. The molecule has 0 aliphatic heterocycles. The summed E-state index contributed by atoms with van der Waals surface area (Å²) in [7, 11) is 5.42. The second-order valence-corrected chi connectivity index (χ2v) is 18.4. The summed E-state index contributed by atoms with van der Waals surface area (Å²) in [6, 6.07) is -0.726. The predicted octanol–water partition coefficient (Wildman–Crippen LogP) is 13.3. The van der Waals surface area contributed by atoms with Crippen molar-refractivity contribution < 1.29 is 38.2 Å². The van der Waals surface area contributed by atoms with Crippen LogP contribution in [0.1, 0.15) is 232 Å². The fraction of sp³-hybridized carbons (Fsp3) is 0.830. The SMILES string of the molecule is CC/C=C/C=C/C=C/CCCCCCCCCC(=O)OCC(COCCC(C(=O)[O-])[N+](C)(C)C)OC(=O)CCCCCCCCCCCCCCCCCCCCCCCC. The Bertz CT molecular complexity index is 1090. The number of unbranched alkanes of at least 4 members (excludes halogenated alkanes) is 28. The predicted molar refractivity (Wildman–Crippen MR) is 254 cm³/mol. The minimum Gasteiger partial charge on any atom is -0.544 e. The lowest BCUT2D eigenvalue weighted by Gasteiger charge is -2.34. The molecule has 0 bridgehead atoms. The molecule has 0 heterocycles. The van der Waals surface area contributed by atoms with E-state index in [1.165, 1.54) is 148 Å². The van der Waals surface area contributed by atoms with Gasteiger partial charge in [-0.25, -0.2) is 0 Å². The first-order valence-electron chi connectivity index (χ1n) is 25.5. The van der Waals surface area contributed by atoms with Crippen molar-refractivity contribution in [2.75, 3.05) is 41.0 Å². The maximum Gasteiger partial charge on any atom is 0.306 e. The number of hydrogen-bond donors (Lipinski definition) is 0. The second-order valence-electron chi connectivity index (χ2n) is 18.4. The number of aliphatic carboxylic acids is 1. The van der Waals surface area contributed by atoms with Crippen molar-refractivity contribution in [3.05, 3.63) is 36.5 Å². The molecule has 0 fully saturated rings. The van der Waals surface area contributed by atoms with Crippen LogP contribution in [0.2, 0.25) is 0 Å². The molecule has 0 saturated heterocycles. The summed E-state index contributed by atoms with van der Waals surface area (Å²) in [4.78, 5) is 37.0. The Balaban J connectivity index is 4.20. The maximum absolute atomic E-state index is 12.8. The third-order valence-corrected chi connectivity index (χ3v) is 11.6. The standard InChI is InChI=1S/C53H97NO7/c1-6-8-10-12-14-16-18-20-22-23-24-25-26-27-28-30-32-34-36-38-40-42-44-52(56)61-49(47-59-46-45-50(53(57)58)54(3,4)5)48-60-51(55)43-41-39-37-35-33-31-29-21-19-17-15-13-11-9-7-2/h9,11,13,15,17,19,49-50H,6-8,10,12,14,16,18,20-48H2,1-5H3/b11-9+,15-13+,19-17+. The smallest absolute Gasteiger partial charge is 0.306 e. The monoisotopic (exact) mass is 860 g/mol. The van der Waals surface area contributed by atoms with Gasteiger partial charge >= 0.3 is 11.9 Å². The van der Waals surface area contributed by atoms with Crippen LogP contribution >= 0.6 is 0 Å². The van der Waals surface area contributed by atoms with E-state index in [9.17, 15) is 19.5 Å². The molecule has 0 N–H and O–H groups in total. The molecule has 356 valence electrons. The van der Waals surface area contributed by atoms with Crippen LogP contribution in [0.4, 0.5) is 0 Å². The molecule has 0 aliphatic carbocycles. The molecular formula is C53H97NO7. The van der Waals surface area contributed by atoms with Crippen LogP contribution in [-0.4, -0.2) is 75.5 Å². The van der Waals surface area contributed by atoms with Crippen LogP contribution in [0.15, 0.2) is 36.5 Å². The van der Waals surface area contributed by atoms with E-state index < -0.39 is 18.1 Å². The summed E-state index contributed by atoms with van der Waals surface area (Å²) in [5, 5.41) is 11.7. The van der Waals surface area contributed by atoms with Gasteiger partial charge in [-0.15, -0.1) is 0 Å². The van der Waals surface area contributed by atoms with Gasteiger partial charge in [0.2, 0.25) is 0 Å². The van der Waals surface area contributed by atoms with Gasteiger partial charge in [0, 0.05) is 19.3 Å². The number of likely N-dealkylation sites (N-methyl/N-ethyl adjacent to an activating group) is 1. The third kappa shape index (κ3) is 42.6. The largest absolute Gasteiger partial charge is 0.544 e. The zero-order valence-electron chi connectivity index (χ0n) is 40.6. The Morgan fingerprint density at radius 1 is 0.508 bits per heavy atom. The summed E-state index contributed by atoms with van der Waals surface area (Å²) in [5.74, 6) is -1.74. The average Bonchev–Trinajstić information content (AvgIpc) is 3.22. The number of nitrogens with zero attached hydrogens (tertiary/aromatic N) is 1. The van der Waals surface area contributed by atoms with E-state index in [4.69, 9.17) is 14.2 Å². The highest BCUT2D eigenvalue weighted by molar-refractivity contribution is 5.70.